The minimum Gasteiger partial charge on any atom is -0.279 e. The molecule has 0 amide bonds. The standard InChI is InChI=1S/C11H6F2N2O2S2/c12-7-3-8(13)5-9(4-7)15-19(16,17)11-2-1-10(6-14)18-11/h1-5,15H. The lowest BCUT2D eigenvalue weighted by Crippen LogP contribution is -2.11. The van der Waals surface area contributed by atoms with Gasteiger partial charge in [-0.1, -0.05) is 0 Å². The highest BCUT2D eigenvalue weighted by molar-refractivity contribution is 7.94. The summed E-state index contributed by atoms with van der Waals surface area (Å²) in [6.45, 7) is 0. The summed E-state index contributed by atoms with van der Waals surface area (Å²) >= 11 is 0.768. The van der Waals surface area contributed by atoms with Gasteiger partial charge in [0.1, 0.15) is 26.8 Å². The van der Waals surface area contributed by atoms with E-state index in [4.69, 9.17) is 5.26 Å². The summed E-state index contributed by atoms with van der Waals surface area (Å²) in [6, 6.07) is 6.77. The summed E-state index contributed by atoms with van der Waals surface area (Å²) in [5.74, 6) is -1.77. The van der Waals surface area contributed by atoms with E-state index in [0.717, 1.165) is 23.5 Å². The maximum Gasteiger partial charge on any atom is 0.271 e. The molecule has 0 atom stereocenters. The zero-order valence-corrected chi connectivity index (χ0v) is 10.9. The second-order valence-corrected chi connectivity index (χ2v) is 6.49. The summed E-state index contributed by atoms with van der Waals surface area (Å²) in [5, 5.41) is 8.63. The molecule has 8 heteroatoms. The van der Waals surface area contributed by atoms with Gasteiger partial charge in [0.25, 0.3) is 10.0 Å². The molecule has 1 aromatic heterocycles. The highest BCUT2D eigenvalue weighted by Gasteiger charge is 2.17. The number of rotatable bonds is 3. The second kappa shape index (κ2) is 4.95. The zero-order chi connectivity index (χ0) is 14.0. The van der Waals surface area contributed by atoms with Gasteiger partial charge in [-0.3, -0.25) is 4.72 Å². The fraction of sp³-hybridized carbons (Fsp3) is 0. The van der Waals surface area contributed by atoms with Crippen molar-refractivity contribution in [1.29, 1.82) is 5.26 Å². The molecule has 0 fully saturated rings. The molecule has 0 aliphatic heterocycles. The molecule has 1 N–H and O–H groups in total. The van der Waals surface area contributed by atoms with E-state index in [1.54, 1.807) is 0 Å². The van der Waals surface area contributed by atoms with Crippen LogP contribution in [-0.4, -0.2) is 8.42 Å². The largest absolute Gasteiger partial charge is 0.279 e. The monoisotopic (exact) mass is 300 g/mol. The molecule has 98 valence electrons. The Bertz CT molecular complexity index is 743. The number of thiophene rings is 1. The van der Waals surface area contributed by atoms with Crippen LogP contribution in [0.3, 0.4) is 0 Å². The van der Waals surface area contributed by atoms with Crippen LogP contribution in [-0.2, 0) is 10.0 Å². The van der Waals surface area contributed by atoms with Gasteiger partial charge in [-0.15, -0.1) is 11.3 Å². The van der Waals surface area contributed by atoms with Crippen LogP contribution in [0.15, 0.2) is 34.5 Å². The van der Waals surface area contributed by atoms with E-state index in [-0.39, 0.29) is 14.8 Å². The third-order valence-electron chi connectivity index (χ3n) is 2.07. The number of hydrogen-bond acceptors (Lipinski definition) is 4. The van der Waals surface area contributed by atoms with E-state index in [9.17, 15) is 17.2 Å². The summed E-state index contributed by atoms with van der Waals surface area (Å²) in [5.41, 5.74) is -0.218. The Morgan fingerprint density at radius 1 is 1.16 bits per heavy atom. The zero-order valence-electron chi connectivity index (χ0n) is 9.22. The van der Waals surface area contributed by atoms with Crippen LogP contribution in [0.4, 0.5) is 14.5 Å². The molecule has 0 saturated heterocycles. The van der Waals surface area contributed by atoms with Crippen molar-refractivity contribution >= 4 is 27.0 Å². The number of nitriles is 1. The summed E-state index contributed by atoms with van der Waals surface area (Å²) in [4.78, 5) is 0.228. The number of halogens is 2. The predicted molar refractivity (Wildman–Crippen MR) is 66.2 cm³/mol. The summed E-state index contributed by atoms with van der Waals surface area (Å²) in [6.07, 6.45) is 0. The van der Waals surface area contributed by atoms with E-state index in [1.165, 1.54) is 12.1 Å². The van der Waals surface area contributed by atoms with Crippen LogP contribution < -0.4 is 4.72 Å². The van der Waals surface area contributed by atoms with E-state index in [0.29, 0.717) is 6.07 Å². The van der Waals surface area contributed by atoms with Gasteiger partial charge >= 0.3 is 0 Å². The average molecular weight is 300 g/mol. The smallest absolute Gasteiger partial charge is 0.271 e. The van der Waals surface area contributed by atoms with Crippen molar-refractivity contribution in [2.24, 2.45) is 0 Å². The van der Waals surface area contributed by atoms with Crippen LogP contribution >= 0.6 is 11.3 Å². The first-order valence-electron chi connectivity index (χ1n) is 4.89. The van der Waals surface area contributed by atoms with E-state index < -0.39 is 21.7 Å². The third-order valence-corrected chi connectivity index (χ3v) is 4.93. The number of benzene rings is 1. The Kier molecular flexibility index (Phi) is 3.50. The Labute approximate surface area is 112 Å². The average Bonchev–Trinajstić information content (AvgIpc) is 2.75. The fourth-order valence-electron chi connectivity index (χ4n) is 1.34. The van der Waals surface area contributed by atoms with Crippen LogP contribution in [0.25, 0.3) is 0 Å². The number of nitrogens with one attached hydrogen (secondary N) is 1. The Morgan fingerprint density at radius 3 is 2.32 bits per heavy atom. The molecule has 2 rings (SSSR count). The number of nitrogens with zero attached hydrogens (tertiary/aromatic N) is 1. The molecular formula is C11H6F2N2O2S2. The second-order valence-electron chi connectivity index (χ2n) is 3.49. The quantitative estimate of drug-likeness (QED) is 0.947. The molecule has 0 saturated carbocycles. The topological polar surface area (TPSA) is 70.0 Å². The van der Waals surface area contributed by atoms with Gasteiger partial charge in [0, 0.05) is 6.07 Å². The van der Waals surface area contributed by atoms with E-state index >= 15 is 0 Å². The normalized spacial score (nSPS) is 11.0. The van der Waals surface area contributed by atoms with Gasteiger partial charge in [-0.25, -0.2) is 17.2 Å². The van der Waals surface area contributed by atoms with Crippen molar-refractivity contribution in [2.75, 3.05) is 4.72 Å². The van der Waals surface area contributed by atoms with Crippen molar-refractivity contribution in [1.82, 2.24) is 0 Å². The molecule has 0 aliphatic rings. The summed E-state index contributed by atoms with van der Waals surface area (Å²) in [7, 11) is -3.95. The van der Waals surface area contributed by atoms with Crippen LogP contribution in [0.5, 0.6) is 0 Å². The highest BCUT2D eigenvalue weighted by atomic mass is 32.2. The molecule has 4 nitrogen and oxygen atoms in total. The molecule has 1 heterocycles. The van der Waals surface area contributed by atoms with Crippen LogP contribution in [0.2, 0.25) is 0 Å². The molecule has 0 aliphatic carbocycles. The Hall–Kier alpha value is -1.98. The van der Waals surface area contributed by atoms with Gasteiger partial charge < -0.3 is 0 Å². The maximum absolute atomic E-state index is 12.9. The van der Waals surface area contributed by atoms with Gasteiger partial charge in [0.2, 0.25) is 0 Å². The lowest BCUT2D eigenvalue weighted by atomic mass is 10.3. The molecule has 0 spiro atoms. The number of sulfonamides is 1. The fourth-order valence-corrected chi connectivity index (χ4v) is 3.49. The van der Waals surface area contributed by atoms with Gasteiger partial charge in [-0.2, -0.15) is 5.26 Å². The molecule has 0 radical (unpaired) electrons. The first-order chi connectivity index (χ1) is 8.90. The number of anilines is 1. The molecule has 2 aromatic rings. The molecule has 19 heavy (non-hydrogen) atoms. The van der Waals surface area contributed by atoms with Crippen molar-refractivity contribution in [2.45, 2.75) is 4.21 Å². The molecule has 0 unspecified atom stereocenters. The molecule has 0 bridgehead atoms. The van der Waals surface area contributed by atoms with E-state index in [1.807, 2.05) is 10.8 Å². The van der Waals surface area contributed by atoms with E-state index in [2.05, 4.69) is 0 Å². The summed E-state index contributed by atoms with van der Waals surface area (Å²) < 4.78 is 51.6. The maximum atomic E-state index is 12.9. The number of hydrogen-bond donors (Lipinski definition) is 1. The van der Waals surface area contributed by atoms with Crippen molar-refractivity contribution in [3.8, 4) is 6.07 Å². The van der Waals surface area contributed by atoms with Crippen molar-refractivity contribution < 1.29 is 17.2 Å². The first-order valence-corrected chi connectivity index (χ1v) is 7.19. The molecular weight excluding hydrogens is 294 g/mol. The minimum atomic E-state index is -3.95. The van der Waals surface area contributed by atoms with Crippen LogP contribution in [0, 0.1) is 23.0 Å². The SMILES string of the molecule is N#Cc1ccc(S(=O)(=O)Nc2cc(F)cc(F)c2)s1. The third kappa shape index (κ3) is 3.07. The van der Waals surface area contributed by atoms with Crippen molar-refractivity contribution in [3.05, 3.63) is 46.8 Å². The highest BCUT2D eigenvalue weighted by Crippen LogP contribution is 2.24. The van der Waals surface area contributed by atoms with Gasteiger partial charge in [0.05, 0.1) is 5.69 Å². The Balaban J connectivity index is 2.33. The Morgan fingerprint density at radius 2 is 1.79 bits per heavy atom. The predicted octanol–water partition coefficient (Wildman–Crippen LogP) is 2.70. The first kappa shape index (κ1) is 13.5. The van der Waals surface area contributed by atoms with Gasteiger partial charge in [0.15, 0.2) is 0 Å². The molecule has 1 aromatic carbocycles. The minimum absolute atomic E-state index is 0.103. The van der Waals surface area contributed by atoms with Crippen LogP contribution in [0.1, 0.15) is 4.88 Å². The lowest BCUT2D eigenvalue weighted by Gasteiger charge is -2.06. The van der Waals surface area contributed by atoms with Gasteiger partial charge in [-0.05, 0) is 24.3 Å². The lowest BCUT2D eigenvalue weighted by molar-refractivity contribution is 0.584. The van der Waals surface area contributed by atoms with Crippen molar-refractivity contribution in [3.63, 3.8) is 0 Å².